The molecule has 0 aliphatic rings. The van der Waals surface area contributed by atoms with E-state index in [1.54, 1.807) is 0 Å². The fraction of sp³-hybridized carbons (Fsp3) is 0.312. The molecular formula is C16H17NO2S. The average Bonchev–Trinajstić information content (AvgIpc) is 2.45. The Bertz CT molecular complexity index is 558. The zero-order valence-electron chi connectivity index (χ0n) is 11.6. The zero-order valence-corrected chi connectivity index (χ0v) is 12.5. The number of Topliss-reactive ketones (excluding diaryl/α,β-unsaturated/α-hetero) is 1. The molecule has 1 rings (SSSR count). The maximum Gasteiger partial charge on any atom is 0.155 e. The van der Waals surface area contributed by atoms with Crippen LogP contribution in [-0.4, -0.2) is 19.0 Å². The molecule has 20 heavy (non-hydrogen) atoms. The average molecular weight is 287 g/mol. The normalized spacial score (nSPS) is 10.8. The van der Waals surface area contributed by atoms with Gasteiger partial charge in [0, 0.05) is 11.6 Å². The Balaban J connectivity index is 2.47. The van der Waals surface area contributed by atoms with Gasteiger partial charge in [-0.2, -0.15) is 0 Å². The van der Waals surface area contributed by atoms with E-state index in [-0.39, 0.29) is 25.0 Å². The third kappa shape index (κ3) is 6.45. The molecule has 0 spiro atoms. The Morgan fingerprint density at radius 1 is 1.35 bits per heavy atom. The van der Waals surface area contributed by atoms with Crippen LogP contribution in [0.15, 0.2) is 24.3 Å². The molecule has 1 aromatic carbocycles. The van der Waals surface area contributed by atoms with Gasteiger partial charge in [0.1, 0.15) is 13.2 Å². The van der Waals surface area contributed by atoms with Crippen LogP contribution in [0.3, 0.4) is 0 Å². The molecule has 0 heterocycles. The Morgan fingerprint density at radius 3 is 2.65 bits per heavy atom. The highest BCUT2D eigenvalue weighted by atomic mass is 32.1. The highest BCUT2D eigenvalue weighted by Crippen LogP contribution is 2.13. The molecule has 0 aliphatic heterocycles. The van der Waals surface area contributed by atoms with Crippen molar-refractivity contribution in [2.24, 2.45) is 0 Å². The minimum absolute atomic E-state index is 0.0112. The van der Waals surface area contributed by atoms with Crippen LogP contribution in [-0.2, 0) is 9.53 Å². The first kappa shape index (κ1) is 16.3. The molecule has 0 aliphatic carbocycles. The summed E-state index contributed by atoms with van der Waals surface area (Å²) in [7, 11) is 0. The van der Waals surface area contributed by atoms with E-state index in [1.165, 1.54) is 6.92 Å². The van der Waals surface area contributed by atoms with Crippen LogP contribution in [0.5, 0.6) is 0 Å². The van der Waals surface area contributed by atoms with Crippen LogP contribution in [0.4, 0.5) is 0 Å². The molecule has 0 fully saturated rings. The van der Waals surface area contributed by atoms with Crippen LogP contribution in [0, 0.1) is 23.7 Å². The van der Waals surface area contributed by atoms with E-state index in [0.29, 0.717) is 0 Å². The van der Waals surface area contributed by atoms with E-state index in [1.807, 2.05) is 31.2 Å². The molecule has 0 bridgehead atoms. The largest absolute Gasteiger partial charge is 0.361 e. The lowest BCUT2D eigenvalue weighted by Crippen LogP contribution is -2.06. The number of thiol groups is 1. The number of benzene rings is 1. The van der Waals surface area contributed by atoms with Crippen LogP contribution in [0.25, 0.3) is 0 Å². The number of nitrogens with one attached hydrogen (secondary N) is 1. The summed E-state index contributed by atoms with van der Waals surface area (Å²) in [6, 6.07) is 8.08. The van der Waals surface area contributed by atoms with Gasteiger partial charge in [0.2, 0.25) is 0 Å². The molecule has 0 saturated carbocycles. The van der Waals surface area contributed by atoms with Crippen LogP contribution in [0.1, 0.15) is 31.0 Å². The molecule has 0 radical (unpaired) electrons. The van der Waals surface area contributed by atoms with Gasteiger partial charge < -0.3 is 4.74 Å². The van der Waals surface area contributed by atoms with Crippen molar-refractivity contribution in [1.82, 2.24) is 4.72 Å². The fourth-order valence-corrected chi connectivity index (χ4v) is 1.51. The second-order valence-corrected chi connectivity index (χ2v) is 4.48. The van der Waals surface area contributed by atoms with Crippen molar-refractivity contribution in [2.75, 3.05) is 13.2 Å². The number of rotatable bonds is 5. The van der Waals surface area contributed by atoms with E-state index in [9.17, 15) is 4.79 Å². The van der Waals surface area contributed by atoms with Crippen molar-refractivity contribution >= 4 is 18.6 Å². The molecule has 1 aromatic rings. The molecule has 1 N–H and O–H groups in total. The monoisotopic (exact) mass is 287 g/mol. The predicted molar refractivity (Wildman–Crippen MR) is 83.1 cm³/mol. The molecular weight excluding hydrogens is 270 g/mol. The van der Waals surface area contributed by atoms with Crippen molar-refractivity contribution in [1.29, 1.82) is 0 Å². The van der Waals surface area contributed by atoms with Crippen LogP contribution in [0.2, 0.25) is 0 Å². The van der Waals surface area contributed by atoms with Crippen molar-refractivity contribution in [2.45, 2.75) is 19.9 Å². The number of hydrogen-bond acceptors (Lipinski definition) is 4. The molecule has 104 valence electrons. The van der Waals surface area contributed by atoms with Crippen molar-refractivity contribution < 1.29 is 9.53 Å². The lowest BCUT2D eigenvalue weighted by molar-refractivity contribution is -0.120. The lowest BCUT2D eigenvalue weighted by atomic mass is 10.1. The summed E-state index contributed by atoms with van der Waals surface area (Å²) in [5.41, 5.74) is 2.05. The summed E-state index contributed by atoms with van der Waals surface area (Å²) < 4.78 is 7.88. The summed E-state index contributed by atoms with van der Waals surface area (Å²) in [5, 5.41) is 0. The van der Waals surface area contributed by atoms with Crippen molar-refractivity contribution in [3.05, 3.63) is 35.4 Å². The first-order valence-electron chi connectivity index (χ1n) is 6.19. The first-order chi connectivity index (χ1) is 9.63. The van der Waals surface area contributed by atoms with Gasteiger partial charge in [-0.1, -0.05) is 36.8 Å². The van der Waals surface area contributed by atoms with E-state index >= 15 is 0 Å². The van der Waals surface area contributed by atoms with Gasteiger partial charge in [0.25, 0.3) is 0 Å². The maximum absolute atomic E-state index is 10.6. The molecule has 0 aromatic heterocycles. The quantitative estimate of drug-likeness (QED) is 0.495. The molecule has 0 amide bonds. The minimum Gasteiger partial charge on any atom is -0.361 e. The van der Waals surface area contributed by atoms with Gasteiger partial charge in [0.15, 0.2) is 5.78 Å². The van der Waals surface area contributed by atoms with Gasteiger partial charge in [-0.3, -0.25) is 9.52 Å². The highest BCUT2D eigenvalue weighted by molar-refractivity contribution is 7.78. The number of carbonyl (C=O) groups excluding carboxylic acids is 1. The van der Waals surface area contributed by atoms with Gasteiger partial charge in [-0.15, -0.1) is 0 Å². The van der Waals surface area contributed by atoms with E-state index in [0.717, 1.165) is 11.1 Å². The Morgan fingerprint density at radius 2 is 2.05 bits per heavy atom. The standard InChI is InChI=1S/C16H17NO2S/c1-13(18)12-19-11-5-3-4-6-15-7-9-16(10-8-15)14(2)17-20/h7-10,14,17,20H,11-12H2,1-2H3/t14-/m1/s1. The summed E-state index contributed by atoms with van der Waals surface area (Å²) >= 11 is 4.03. The van der Waals surface area contributed by atoms with Crippen LogP contribution < -0.4 is 4.72 Å². The maximum atomic E-state index is 10.6. The fourth-order valence-electron chi connectivity index (χ4n) is 1.36. The third-order valence-corrected chi connectivity index (χ3v) is 2.83. The minimum atomic E-state index is -0.0112. The first-order valence-corrected chi connectivity index (χ1v) is 6.64. The SMILES string of the molecule is CC(=O)COCC#CC#Cc1ccc([C@@H](C)NS)cc1. The Hall–Kier alpha value is -1.72. The van der Waals surface area contributed by atoms with Crippen LogP contribution >= 0.6 is 12.8 Å². The van der Waals surface area contributed by atoms with E-state index in [2.05, 4.69) is 41.2 Å². The number of hydrogen-bond donors (Lipinski definition) is 2. The van der Waals surface area contributed by atoms with Crippen molar-refractivity contribution in [3.63, 3.8) is 0 Å². The summed E-state index contributed by atoms with van der Waals surface area (Å²) in [6.07, 6.45) is 0. The predicted octanol–water partition coefficient (Wildman–Crippen LogP) is 2.14. The zero-order chi connectivity index (χ0) is 14.8. The van der Waals surface area contributed by atoms with Gasteiger partial charge in [-0.05, 0) is 43.4 Å². The number of ketones is 1. The summed E-state index contributed by atoms with van der Waals surface area (Å²) in [4.78, 5) is 10.6. The van der Waals surface area contributed by atoms with Gasteiger partial charge in [-0.25, -0.2) is 0 Å². The smallest absolute Gasteiger partial charge is 0.155 e. The highest BCUT2D eigenvalue weighted by Gasteiger charge is 2.00. The molecule has 0 saturated heterocycles. The topological polar surface area (TPSA) is 38.3 Å². The number of carbonyl (C=O) groups is 1. The second kappa shape index (κ2) is 9.23. The third-order valence-electron chi connectivity index (χ3n) is 2.44. The van der Waals surface area contributed by atoms with Gasteiger partial charge >= 0.3 is 0 Å². The molecule has 1 atom stereocenters. The van der Waals surface area contributed by atoms with Gasteiger partial charge in [0.05, 0.1) is 0 Å². The second-order valence-electron chi connectivity index (χ2n) is 4.22. The molecule has 3 nitrogen and oxygen atoms in total. The lowest BCUT2D eigenvalue weighted by Gasteiger charge is -2.08. The molecule has 4 heteroatoms. The van der Waals surface area contributed by atoms with E-state index < -0.39 is 0 Å². The Kier molecular flexibility index (Phi) is 7.54. The summed E-state index contributed by atoms with van der Waals surface area (Å²) in [5.74, 6) is 11.1. The van der Waals surface area contributed by atoms with E-state index in [4.69, 9.17) is 4.74 Å². The number of ether oxygens (including phenoxy) is 1. The summed E-state index contributed by atoms with van der Waals surface area (Å²) in [6.45, 7) is 3.82. The molecule has 0 unspecified atom stereocenters. The Labute approximate surface area is 125 Å². The van der Waals surface area contributed by atoms with Crippen molar-refractivity contribution in [3.8, 4) is 23.7 Å².